The summed E-state index contributed by atoms with van der Waals surface area (Å²) in [6.07, 6.45) is 0. The molecule has 5 heterocycles. The molecule has 0 radical (unpaired) electrons. The highest BCUT2D eigenvalue weighted by atomic mass is 32.1. The lowest BCUT2D eigenvalue weighted by Crippen LogP contribution is -2.04. The maximum absolute atomic E-state index is 5.34. The number of aromatic nitrogens is 7. The number of thiazole rings is 1. The second-order valence-electron chi connectivity index (χ2n) is 17.7. The number of rotatable bonds is 8. The van der Waals surface area contributed by atoms with E-state index in [-0.39, 0.29) is 0 Å². The van der Waals surface area contributed by atoms with E-state index in [0.29, 0.717) is 11.9 Å². The van der Waals surface area contributed by atoms with Gasteiger partial charge in [-0.3, -0.25) is 9.13 Å². The van der Waals surface area contributed by atoms with Gasteiger partial charge in [0.25, 0.3) is 0 Å². The van der Waals surface area contributed by atoms with E-state index in [1.165, 1.54) is 0 Å². The van der Waals surface area contributed by atoms with Crippen LogP contribution in [-0.2, 0) is 0 Å². The molecular weight excluding hydrogens is 887 g/mol. The lowest BCUT2D eigenvalue weighted by molar-refractivity contribution is 0.995. The molecule has 0 aliphatic heterocycles. The summed E-state index contributed by atoms with van der Waals surface area (Å²) in [5.74, 6) is 1.22. The zero-order valence-corrected chi connectivity index (χ0v) is 38.9. The van der Waals surface area contributed by atoms with Crippen LogP contribution in [0, 0.1) is 0 Å². The van der Waals surface area contributed by atoms with Crippen molar-refractivity contribution >= 4 is 65.2 Å². The van der Waals surface area contributed by atoms with E-state index in [4.69, 9.17) is 24.9 Å². The van der Waals surface area contributed by atoms with E-state index in [1.54, 1.807) is 11.3 Å². The third-order valence-electron chi connectivity index (χ3n) is 13.4. The lowest BCUT2D eigenvalue weighted by Gasteiger charge is -2.12. The van der Waals surface area contributed by atoms with Gasteiger partial charge < -0.3 is 0 Å². The Morgan fingerprint density at radius 3 is 1.13 bits per heavy atom. The summed E-state index contributed by atoms with van der Waals surface area (Å²) in [5.41, 5.74) is 15.9. The van der Waals surface area contributed by atoms with Gasteiger partial charge in [-0.2, -0.15) is 0 Å². The van der Waals surface area contributed by atoms with Gasteiger partial charge >= 0.3 is 0 Å². The van der Waals surface area contributed by atoms with E-state index in [1.807, 2.05) is 30.3 Å². The summed E-state index contributed by atoms with van der Waals surface area (Å²) in [5, 5.41) is 5.44. The highest BCUT2D eigenvalue weighted by Crippen LogP contribution is 2.42. The minimum atomic E-state index is 0.596. The number of nitrogens with zero attached hydrogens (tertiary/aromatic N) is 7. The molecule has 0 spiro atoms. The largest absolute Gasteiger partial charge is 0.278 e. The van der Waals surface area contributed by atoms with Gasteiger partial charge in [0.15, 0.2) is 0 Å². The molecule has 7 nitrogen and oxygen atoms in total. The van der Waals surface area contributed by atoms with Crippen molar-refractivity contribution in [2.45, 2.75) is 0 Å². The average molecular weight is 926 g/mol. The molecule has 0 aliphatic carbocycles. The summed E-state index contributed by atoms with van der Waals surface area (Å²) in [6.45, 7) is 0. The van der Waals surface area contributed by atoms with Gasteiger partial charge in [-0.1, -0.05) is 182 Å². The van der Waals surface area contributed by atoms with Crippen molar-refractivity contribution in [2.24, 2.45) is 0 Å². The van der Waals surface area contributed by atoms with Crippen LogP contribution < -0.4 is 0 Å². The smallest absolute Gasteiger partial charge is 0.235 e. The van der Waals surface area contributed by atoms with Crippen LogP contribution in [0.5, 0.6) is 0 Å². The Hall–Kier alpha value is -9.37. The first-order valence-electron chi connectivity index (χ1n) is 23.7. The van der Waals surface area contributed by atoms with Gasteiger partial charge in [0.05, 0.1) is 55.1 Å². The standard InChI is InChI=1S/C63H39N7S/c1-6-18-40(19-7-1)51-37-52(41-20-8-2-9-21-41)66-62(65-51)69-56-29-17-16-28-47(56)48-34-45(30-32-57(48)69)46-31-33-58-49(35-46)50-36-60-55(64-61(71-60)44-26-14-5-15-27-44)39-59(50)70(58)63-67-53(42-22-10-3-11-23-42)38-54(68-63)43-24-12-4-13-25-43/h1-39H. The van der Waals surface area contributed by atoms with Gasteiger partial charge in [0.1, 0.15) is 5.01 Å². The molecule has 5 aromatic heterocycles. The average Bonchev–Trinajstić information content (AvgIpc) is 4.13. The summed E-state index contributed by atoms with van der Waals surface area (Å²) >= 11 is 1.72. The van der Waals surface area contributed by atoms with Crippen molar-refractivity contribution in [2.75, 3.05) is 0 Å². The van der Waals surface area contributed by atoms with Crippen LogP contribution in [0.1, 0.15) is 0 Å². The fourth-order valence-electron chi connectivity index (χ4n) is 10.0. The van der Waals surface area contributed by atoms with Crippen LogP contribution in [0.3, 0.4) is 0 Å². The van der Waals surface area contributed by atoms with Gasteiger partial charge in [-0.15, -0.1) is 11.3 Å². The Kier molecular flexibility index (Phi) is 9.57. The lowest BCUT2D eigenvalue weighted by atomic mass is 10.0. The third kappa shape index (κ3) is 7.08. The first kappa shape index (κ1) is 40.7. The first-order valence-corrected chi connectivity index (χ1v) is 24.5. The van der Waals surface area contributed by atoms with Gasteiger partial charge in [-0.25, -0.2) is 24.9 Å². The highest BCUT2D eigenvalue weighted by molar-refractivity contribution is 7.21. The number of benzene rings is 9. The molecule has 332 valence electrons. The number of para-hydroxylation sites is 1. The Labute approximate surface area is 412 Å². The Balaban J connectivity index is 0.973. The molecule has 71 heavy (non-hydrogen) atoms. The zero-order chi connectivity index (χ0) is 46.8. The molecule has 0 aliphatic rings. The van der Waals surface area contributed by atoms with E-state index in [9.17, 15) is 0 Å². The number of fused-ring (bicyclic) bond motifs is 7. The van der Waals surface area contributed by atoms with Crippen LogP contribution in [0.25, 0.3) is 132 Å². The van der Waals surface area contributed by atoms with Crippen molar-refractivity contribution in [3.8, 4) is 78.6 Å². The van der Waals surface area contributed by atoms with Gasteiger partial charge in [0, 0.05) is 49.4 Å². The second-order valence-corrected chi connectivity index (χ2v) is 18.7. The summed E-state index contributed by atoms with van der Waals surface area (Å²) < 4.78 is 5.55. The molecular formula is C63H39N7S. The molecule has 0 amide bonds. The van der Waals surface area contributed by atoms with Crippen molar-refractivity contribution in [3.05, 3.63) is 237 Å². The normalized spacial score (nSPS) is 11.7. The maximum Gasteiger partial charge on any atom is 0.235 e. The SMILES string of the molecule is c1ccc(-c2cc(-c3ccccc3)nc(-n3c4ccccc4c4cc(-c5ccc6c(c5)c5cc7sc(-c8ccccc8)nc7cc5n6-c5nc(-c6ccccc6)cc(-c6ccccc6)n5)ccc43)n2)cc1. The van der Waals surface area contributed by atoms with Gasteiger partial charge in [-0.05, 0) is 65.7 Å². The minimum absolute atomic E-state index is 0.596. The molecule has 0 fully saturated rings. The van der Waals surface area contributed by atoms with E-state index < -0.39 is 0 Å². The topological polar surface area (TPSA) is 74.3 Å². The highest BCUT2D eigenvalue weighted by Gasteiger charge is 2.22. The van der Waals surface area contributed by atoms with Crippen LogP contribution >= 0.6 is 11.3 Å². The van der Waals surface area contributed by atoms with E-state index in [2.05, 4.69) is 215 Å². The fourth-order valence-corrected chi connectivity index (χ4v) is 11.0. The molecule has 0 saturated carbocycles. The monoisotopic (exact) mass is 925 g/mol. The van der Waals surface area contributed by atoms with Crippen LogP contribution in [-0.4, -0.2) is 34.1 Å². The predicted molar refractivity (Wildman–Crippen MR) is 292 cm³/mol. The second kappa shape index (κ2) is 16.7. The van der Waals surface area contributed by atoms with E-state index in [0.717, 1.165) is 121 Å². The van der Waals surface area contributed by atoms with Crippen molar-refractivity contribution in [1.29, 1.82) is 0 Å². The quantitative estimate of drug-likeness (QED) is 0.152. The summed E-state index contributed by atoms with van der Waals surface area (Å²) in [4.78, 5) is 26.4. The molecule has 14 rings (SSSR count). The molecule has 0 saturated heterocycles. The van der Waals surface area contributed by atoms with Gasteiger partial charge in [0.2, 0.25) is 11.9 Å². The fraction of sp³-hybridized carbons (Fsp3) is 0. The predicted octanol–water partition coefficient (Wildman–Crippen LogP) is 16.1. The summed E-state index contributed by atoms with van der Waals surface area (Å²) in [6, 6.07) is 82.6. The number of hydrogen-bond acceptors (Lipinski definition) is 6. The van der Waals surface area contributed by atoms with E-state index >= 15 is 0 Å². The molecule has 14 aromatic rings. The molecule has 9 aromatic carbocycles. The number of hydrogen-bond donors (Lipinski definition) is 0. The van der Waals surface area contributed by atoms with Crippen LogP contribution in [0.2, 0.25) is 0 Å². The minimum Gasteiger partial charge on any atom is -0.278 e. The molecule has 0 atom stereocenters. The Bertz CT molecular complexity index is 4200. The Morgan fingerprint density at radius 1 is 0.268 bits per heavy atom. The zero-order valence-electron chi connectivity index (χ0n) is 38.1. The first-order chi connectivity index (χ1) is 35.2. The molecule has 0 unspecified atom stereocenters. The third-order valence-corrected chi connectivity index (χ3v) is 14.5. The summed E-state index contributed by atoms with van der Waals surface area (Å²) in [7, 11) is 0. The van der Waals surface area contributed by atoms with Crippen molar-refractivity contribution < 1.29 is 0 Å². The molecule has 0 N–H and O–H groups in total. The Morgan fingerprint density at radius 2 is 0.648 bits per heavy atom. The van der Waals surface area contributed by atoms with Crippen molar-refractivity contribution in [3.63, 3.8) is 0 Å². The van der Waals surface area contributed by atoms with Crippen LogP contribution in [0.15, 0.2) is 237 Å². The molecule has 8 heteroatoms. The maximum atomic E-state index is 5.34. The van der Waals surface area contributed by atoms with Crippen molar-refractivity contribution in [1.82, 2.24) is 34.1 Å². The molecule has 0 bridgehead atoms. The van der Waals surface area contributed by atoms with Crippen LogP contribution in [0.4, 0.5) is 0 Å².